The van der Waals surface area contributed by atoms with Crippen molar-refractivity contribution in [3.8, 4) is 11.5 Å². The Morgan fingerprint density at radius 3 is 2.77 bits per heavy atom. The van der Waals surface area contributed by atoms with Crippen LogP contribution in [-0.2, 0) is 13.0 Å². The number of carbonyl (C=O) groups excluding carboxylic acids is 1. The summed E-state index contributed by atoms with van der Waals surface area (Å²) in [5, 5.41) is 0. The van der Waals surface area contributed by atoms with E-state index in [-0.39, 0.29) is 12.7 Å². The maximum Gasteiger partial charge on any atom is 0.254 e. The lowest BCUT2D eigenvalue weighted by molar-refractivity contribution is 0.0771. The Kier molecular flexibility index (Phi) is 4.84. The van der Waals surface area contributed by atoms with Crippen molar-refractivity contribution in [2.75, 3.05) is 33.5 Å². The smallest absolute Gasteiger partial charge is 0.254 e. The molecule has 0 saturated heterocycles. The molecule has 0 radical (unpaired) electrons. The lowest BCUT2D eigenvalue weighted by atomic mass is 10.1. The molecule has 1 amide bonds. The summed E-state index contributed by atoms with van der Waals surface area (Å²) >= 11 is 0. The number of aryl methyl sites for hydroxylation is 1. The van der Waals surface area contributed by atoms with Gasteiger partial charge < -0.3 is 23.7 Å². The number of ether oxygens (including phenoxy) is 2. The molecule has 4 rings (SSSR count). The normalized spacial score (nSPS) is 15.2. The van der Waals surface area contributed by atoms with E-state index in [1.54, 1.807) is 6.26 Å². The van der Waals surface area contributed by atoms with Crippen molar-refractivity contribution in [3.63, 3.8) is 0 Å². The Bertz CT molecular complexity index is 772. The summed E-state index contributed by atoms with van der Waals surface area (Å²) in [5.74, 6) is 1.52. The monoisotopic (exact) mass is 356 g/mol. The van der Waals surface area contributed by atoms with Crippen LogP contribution in [0.3, 0.4) is 0 Å². The highest BCUT2D eigenvalue weighted by atomic mass is 16.7. The minimum atomic E-state index is 0.0981. The zero-order valence-electron chi connectivity index (χ0n) is 15.1. The number of hydrogen-bond donors (Lipinski definition) is 0. The SMILES string of the molecule is CN(CCCc1ccoc1)CCCN1Cc2cc3c(cc2C1=O)OCO3. The third-order valence-corrected chi connectivity index (χ3v) is 5.03. The Morgan fingerprint density at radius 1 is 1.15 bits per heavy atom. The Morgan fingerprint density at radius 2 is 1.96 bits per heavy atom. The van der Waals surface area contributed by atoms with Crippen LogP contribution in [-0.4, -0.2) is 49.2 Å². The zero-order valence-corrected chi connectivity index (χ0v) is 15.1. The van der Waals surface area contributed by atoms with Crippen LogP contribution in [0.5, 0.6) is 11.5 Å². The van der Waals surface area contributed by atoms with Crippen LogP contribution in [0, 0.1) is 0 Å². The first-order valence-corrected chi connectivity index (χ1v) is 9.12. The van der Waals surface area contributed by atoms with E-state index in [1.807, 2.05) is 29.4 Å². The number of nitrogens with zero attached hydrogens (tertiary/aromatic N) is 2. The minimum Gasteiger partial charge on any atom is -0.472 e. The van der Waals surface area contributed by atoms with Crippen LogP contribution in [0.25, 0.3) is 0 Å². The molecule has 2 aliphatic heterocycles. The van der Waals surface area contributed by atoms with Gasteiger partial charge in [0.05, 0.1) is 12.5 Å². The fraction of sp³-hybridized carbons (Fsp3) is 0.450. The highest BCUT2D eigenvalue weighted by Gasteiger charge is 2.30. The first-order chi connectivity index (χ1) is 12.7. The first-order valence-electron chi connectivity index (χ1n) is 9.12. The van der Waals surface area contributed by atoms with Gasteiger partial charge in [0.1, 0.15) is 0 Å². The molecule has 26 heavy (non-hydrogen) atoms. The van der Waals surface area contributed by atoms with Gasteiger partial charge in [-0.05, 0) is 68.7 Å². The highest BCUT2D eigenvalue weighted by Crippen LogP contribution is 2.37. The fourth-order valence-electron chi connectivity index (χ4n) is 3.57. The summed E-state index contributed by atoms with van der Waals surface area (Å²) in [6.45, 7) is 3.69. The number of hydrogen-bond acceptors (Lipinski definition) is 5. The minimum absolute atomic E-state index is 0.0981. The molecule has 3 heterocycles. The summed E-state index contributed by atoms with van der Waals surface area (Å²) in [6, 6.07) is 5.78. The summed E-state index contributed by atoms with van der Waals surface area (Å²) < 4.78 is 15.9. The average molecular weight is 356 g/mol. The summed E-state index contributed by atoms with van der Waals surface area (Å²) in [4.78, 5) is 16.8. The summed E-state index contributed by atoms with van der Waals surface area (Å²) in [7, 11) is 2.13. The van der Waals surface area contributed by atoms with E-state index < -0.39 is 0 Å². The lowest BCUT2D eigenvalue weighted by Gasteiger charge is -2.20. The van der Waals surface area contributed by atoms with Crippen LogP contribution < -0.4 is 9.47 Å². The van der Waals surface area contributed by atoms with Crippen molar-refractivity contribution in [2.45, 2.75) is 25.8 Å². The number of rotatable bonds is 8. The molecule has 0 bridgehead atoms. The molecule has 0 saturated carbocycles. The van der Waals surface area contributed by atoms with Gasteiger partial charge in [-0.1, -0.05) is 0 Å². The van der Waals surface area contributed by atoms with E-state index in [9.17, 15) is 4.79 Å². The van der Waals surface area contributed by atoms with E-state index in [1.165, 1.54) is 5.56 Å². The highest BCUT2D eigenvalue weighted by molar-refractivity contribution is 5.99. The van der Waals surface area contributed by atoms with Gasteiger partial charge in [-0.15, -0.1) is 0 Å². The molecule has 0 unspecified atom stereocenters. The van der Waals surface area contributed by atoms with Crippen LogP contribution in [0.15, 0.2) is 35.1 Å². The van der Waals surface area contributed by atoms with E-state index in [0.717, 1.165) is 55.8 Å². The average Bonchev–Trinajstić information content (AvgIpc) is 3.35. The second-order valence-electron chi connectivity index (χ2n) is 6.98. The van der Waals surface area contributed by atoms with Crippen LogP contribution in [0.1, 0.15) is 34.3 Å². The van der Waals surface area contributed by atoms with Gasteiger partial charge in [0, 0.05) is 18.7 Å². The van der Waals surface area contributed by atoms with E-state index >= 15 is 0 Å². The van der Waals surface area contributed by atoms with Gasteiger partial charge >= 0.3 is 0 Å². The van der Waals surface area contributed by atoms with Gasteiger partial charge in [-0.2, -0.15) is 0 Å². The molecule has 6 nitrogen and oxygen atoms in total. The fourth-order valence-corrected chi connectivity index (χ4v) is 3.57. The third-order valence-electron chi connectivity index (χ3n) is 5.03. The van der Waals surface area contributed by atoms with Crippen molar-refractivity contribution < 1.29 is 18.7 Å². The molecule has 1 aromatic carbocycles. The maximum atomic E-state index is 12.6. The van der Waals surface area contributed by atoms with Crippen LogP contribution in [0.4, 0.5) is 0 Å². The molecule has 1 aromatic heterocycles. The number of amides is 1. The molecule has 138 valence electrons. The van der Waals surface area contributed by atoms with Gasteiger partial charge in [0.2, 0.25) is 6.79 Å². The molecule has 2 aliphatic rings. The Labute approximate surface area is 153 Å². The first kappa shape index (κ1) is 17.0. The molecular weight excluding hydrogens is 332 g/mol. The quantitative estimate of drug-likeness (QED) is 0.728. The number of carbonyl (C=O) groups is 1. The van der Waals surface area contributed by atoms with E-state index in [0.29, 0.717) is 12.3 Å². The predicted molar refractivity (Wildman–Crippen MR) is 96.4 cm³/mol. The van der Waals surface area contributed by atoms with Crippen molar-refractivity contribution in [1.82, 2.24) is 9.80 Å². The van der Waals surface area contributed by atoms with Crippen LogP contribution >= 0.6 is 0 Å². The van der Waals surface area contributed by atoms with Crippen molar-refractivity contribution >= 4 is 5.91 Å². The van der Waals surface area contributed by atoms with Gasteiger partial charge in [-0.25, -0.2) is 0 Å². The maximum absolute atomic E-state index is 12.6. The lowest BCUT2D eigenvalue weighted by Crippen LogP contribution is -2.29. The van der Waals surface area contributed by atoms with Crippen LogP contribution in [0.2, 0.25) is 0 Å². The topological polar surface area (TPSA) is 55.2 Å². The zero-order chi connectivity index (χ0) is 17.9. The summed E-state index contributed by atoms with van der Waals surface area (Å²) in [5.41, 5.74) is 3.04. The van der Waals surface area contributed by atoms with Gasteiger partial charge in [0.25, 0.3) is 5.91 Å². The number of benzene rings is 1. The molecular formula is C20H24N2O4. The molecule has 0 N–H and O–H groups in total. The third kappa shape index (κ3) is 3.55. The second kappa shape index (κ2) is 7.41. The van der Waals surface area contributed by atoms with Gasteiger partial charge in [0.15, 0.2) is 11.5 Å². The molecule has 0 fully saturated rings. The van der Waals surface area contributed by atoms with E-state index in [2.05, 4.69) is 11.9 Å². The number of furan rings is 1. The molecule has 0 aliphatic carbocycles. The number of fused-ring (bicyclic) bond motifs is 2. The molecule has 0 atom stereocenters. The molecule has 6 heteroatoms. The van der Waals surface area contributed by atoms with Crippen molar-refractivity contribution in [2.24, 2.45) is 0 Å². The second-order valence-corrected chi connectivity index (χ2v) is 6.98. The Balaban J connectivity index is 1.21. The molecule has 0 spiro atoms. The van der Waals surface area contributed by atoms with Crippen molar-refractivity contribution in [3.05, 3.63) is 47.4 Å². The van der Waals surface area contributed by atoms with E-state index in [4.69, 9.17) is 13.9 Å². The van der Waals surface area contributed by atoms with Gasteiger partial charge in [-0.3, -0.25) is 4.79 Å². The Hall–Kier alpha value is -2.47. The standard InChI is InChI=1S/C20H24N2O4/c1-21(6-2-4-15-5-9-24-13-15)7-3-8-22-12-16-10-18-19(26-14-25-18)11-17(16)20(22)23/h5,9-11,13H,2-4,6-8,12,14H2,1H3. The molecule has 2 aromatic rings. The van der Waals surface area contributed by atoms with Crippen molar-refractivity contribution in [1.29, 1.82) is 0 Å². The summed E-state index contributed by atoms with van der Waals surface area (Å²) in [6.07, 6.45) is 6.64. The predicted octanol–water partition coefficient (Wildman–Crippen LogP) is 2.92. The largest absolute Gasteiger partial charge is 0.472 e.